The summed E-state index contributed by atoms with van der Waals surface area (Å²) in [6.45, 7) is 2.94. The number of aromatic nitrogens is 1. The molecule has 0 bridgehead atoms. The van der Waals surface area contributed by atoms with Crippen LogP contribution in [0, 0.1) is 0 Å². The van der Waals surface area contributed by atoms with Gasteiger partial charge in [0.2, 0.25) is 10.0 Å². The number of carbonyl (C=O) groups excluding carboxylic acids is 1. The van der Waals surface area contributed by atoms with Crippen molar-refractivity contribution in [2.45, 2.75) is 17.9 Å². The first-order valence-electron chi connectivity index (χ1n) is 10.3. The molecule has 0 atom stereocenters. The minimum Gasteiger partial charge on any atom is -0.354 e. The molecule has 0 aliphatic carbocycles. The van der Waals surface area contributed by atoms with Gasteiger partial charge in [-0.15, -0.1) is 12.4 Å². The SMILES string of the molecule is Cl.O=C(c1cc2c([nH]1)CCNC2)N1CCN(S(=O)(=O)c2ccc3cc(Cl)ccc3c2)CC1. The smallest absolute Gasteiger partial charge is 0.270 e. The van der Waals surface area contributed by atoms with E-state index in [1.807, 2.05) is 18.2 Å². The van der Waals surface area contributed by atoms with Crippen LogP contribution in [-0.4, -0.2) is 61.2 Å². The molecule has 10 heteroatoms. The second kappa shape index (κ2) is 9.03. The van der Waals surface area contributed by atoms with Crippen LogP contribution in [0.5, 0.6) is 0 Å². The van der Waals surface area contributed by atoms with Crippen LogP contribution in [0.1, 0.15) is 21.7 Å². The van der Waals surface area contributed by atoms with E-state index in [1.165, 1.54) is 4.31 Å². The van der Waals surface area contributed by atoms with Gasteiger partial charge in [-0.05, 0) is 46.7 Å². The molecule has 1 amide bonds. The number of piperazine rings is 1. The maximum absolute atomic E-state index is 13.2. The summed E-state index contributed by atoms with van der Waals surface area (Å²) in [6, 6.07) is 12.4. The van der Waals surface area contributed by atoms with Crippen molar-refractivity contribution in [3.8, 4) is 0 Å². The molecule has 2 N–H and O–H groups in total. The lowest BCUT2D eigenvalue weighted by Crippen LogP contribution is -2.50. The zero-order chi connectivity index (χ0) is 21.6. The second-order valence-corrected chi connectivity index (χ2v) is 10.3. The summed E-state index contributed by atoms with van der Waals surface area (Å²) in [7, 11) is -3.63. The molecule has 170 valence electrons. The Kier molecular flexibility index (Phi) is 6.51. The number of sulfonamides is 1. The van der Waals surface area contributed by atoms with E-state index < -0.39 is 10.0 Å². The Morgan fingerprint density at radius 3 is 2.44 bits per heavy atom. The van der Waals surface area contributed by atoms with Crippen LogP contribution < -0.4 is 5.32 Å². The van der Waals surface area contributed by atoms with Gasteiger partial charge in [-0.1, -0.05) is 23.7 Å². The quantitative estimate of drug-likeness (QED) is 0.585. The first-order valence-corrected chi connectivity index (χ1v) is 12.1. The maximum Gasteiger partial charge on any atom is 0.270 e. The number of nitrogens with zero attached hydrogens (tertiary/aromatic N) is 2. The molecule has 3 aromatic rings. The standard InChI is InChI=1S/C22H23ClN4O3S.ClH/c23-18-3-1-16-12-19(4-2-15(16)11-18)31(29,30)27-9-7-26(8-10-27)22(28)21-13-17-14-24-6-5-20(17)25-21;/h1-4,11-13,24-25H,5-10,14H2;1H. The van der Waals surface area contributed by atoms with Crippen LogP contribution in [0.4, 0.5) is 0 Å². The van der Waals surface area contributed by atoms with Gasteiger partial charge in [0, 0.05) is 56.4 Å². The highest BCUT2D eigenvalue weighted by Gasteiger charge is 2.31. The lowest BCUT2D eigenvalue weighted by atomic mass is 10.1. The Labute approximate surface area is 198 Å². The van der Waals surface area contributed by atoms with Crippen molar-refractivity contribution < 1.29 is 13.2 Å². The molecular formula is C22H24Cl2N4O3S. The topological polar surface area (TPSA) is 85.5 Å². The number of halogens is 2. The van der Waals surface area contributed by atoms with E-state index in [4.69, 9.17) is 11.6 Å². The summed E-state index contributed by atoms with van der Waals surface area (Å²) in [4.78, 5) is 18.1. The van der Waals surface area contributed by atoms with E-state index in [2.05, 4.69) is 10.3 Å². The van der Waals surface area contributed by atoms with Crippen LogP contribution in [0.25, 0.3) is 10.8 Å². The Morgan fingerprint density at radius 1 is 0.969 bits per heavy atom. The fourth-order valence-corrected chi connectivity index (χ4v) is 5.92. The van der Waals surface area contributed by atoms with E-state index >= 15 is 0 Å². The van der Waals surface area contributed by atoms with E-state index in [9.17, 15) is 13.2 Å². The number of hydrogen-bond donors (Lipinski definition) is 2. The molecule has 0 unspecified atom stereocenters. The van der Waals surface area contributed by atoms with Gasteiger partial charge < -0.3 is 15.2 Å². The largest absolute Gasteiger partial charge is 0.354 e. The Bertz CT molecular complexity index is 1240. The summed E-state index contributed by atoms with van der Waals surface area (Å²) in [5.74, 6) is -0.0750. The highest BCUT2D eigenvalue weighted by Crippen LogP contribution is 2.25. The number of nitrogens with one attached hydrogen (secondary N) is 2. The van der Waals surface area contributed by atoms with Gasteiger partial charge in [-0.2, -0.15) is 4.31 Å². The number of benzene rings is 2. The zero-order valence-corrected chi connectivity index (χ0v) is 19.7. The number of H-pyrrole nitrogens is 1. The van der Waals surface area contributed by atoms with Crippen molar-refractivity contribution in [1.82, 2.24) is 19.5 Å². The van der Waals surface area contributed by atoms with Crippen molar-refractivity contribution in [3.63, 3.8) is 0 Å². The second-order valence-electron chi connectivity index (χ2n) is 7.96. The van der Waals surface area contributed by atoms with Crippen LogP contribution in [0.2, 0.25) is 5.02 Å². The molecule has 32 heavy (non-hydrogen) atoms. The van der Waals surface area contributed by atoms with Crippen molar-refractivity contribution in [3.05, 3.63) is 64.4 Å². The zero-order valence-electron chi connectivity index (χ0n) is 17.3. The molecule has 0 spiro atoms. The Balaban J connectivity index is 0.00000245. The van der Waals surface area contributed by atoms with Gasteiger partial charge in [0.15, 0.2) is 0 Å². The van der Waals surface area contributed by atoms with Gasteiger partial charge >= 0.3 is 0 Å². The van der Waals surface area contributed by atoms with E-state index in [-0.39, 0.29) is 36.3 Å². The highest BCUT2D eigenvalue weighted by atomic mass is 35.5. The predicted octanol–water partition coefficient (Wildman–Crippen LogP) is 3.04. The van der Waals surface area contributed by atoms with E-state index in [0.29, 0.717) is 23.8 Å². The Morgan fingerprint density at radius 2 is 1.69 bits per heavy atom. The number of hydrogen-bond acceptors (Lipinski definition) is 4. The number of fused-ring (bicyclic) bond motifs is 2. The monoisotopic (exact) mass is 494 g/mol. The summed E-state index contributed by atoms with van der Waals surface area (Å²) < 4.78 is 27.8. The summed E-state index contributed by atoms with van der Waals surface area (Å²) in [5, 5.41) is 5.63. The number of carbonyl (C=O) groups is 1. The summed E-state index contributed by atoms with van der Waals surface area (Å²) >= 11 is 6.02. The van der Waals surface area contributed by atoms with Gasteiger partial charge in [0.25, 0.3) is 5.91 Å². The lowest BCUT2D eigenvalue weighted by Gasteiger charge is -2.33. The third-order valence-electron chi connectivity index (χ3n) is 6.03. The van der Waals surface area contributed by atoms with Crippen molar-refractivity contribution in [2.75, 3.05) is 32.7 Å². The fourth-order valence-electron chi connectivity index (χ4n) is 4.28. The highest BCUT2D eigenvalue weighted by molar-refractivity contribution is 7.89. The van der Waals surface area contributed by atoms with Gasteiger partial charge in [0.1, 0.15) is 5.69 Å². The number of aromatic amines is 1. The molecular weight excluding hydrogens is 471 g/mol. The molecule has 1 saturated heterocycles. The number of amides is 1. The first-order chi connectivity index (χ1) is 14.9. The minimum atomic E-state index is -3.63. The molecule has 5 rings (SSSR count). The first kappa shape index (κ1) is 23.1. The molecule has 7 nitrogen and oxygen atoms in total. The van der Waals surface area contributed by atoms with Crippen LogP contribution in [-0.2, 0) is 23.0 Å². The van der Waals surface area contributed by atoms with Crippen LogP contribution in [0.3, 0.4) is 0 Å². The van der Waals surface area contributed by atoms with Crippen LogP contribution in [0.15, 0.2) is 47.4 Å². The third kappa shape index (κ3) is 4.25. The molecule has 2 aliphatic rings. The maximum atomic E-state index is 13.2. The normalized spacial score (nSPS) is 17.1. The summed E-state index contributed by atoms with van der Waals surface area (Å²) in [5.41, 5.74) is 2.83. The minimum absolute atomic E-state index is 0. The number of rotatable bonds is 3. The molecule has 0 radical (unpaired) electrons. The van der Waals surface area contributed by atoms with Gasteiger partial charge in [0.05, 0.1) is 4.90 Å². The Hall–Kier alpha value is -2.10. The van der Waals surface area contributed by atoms with E-state index in [0.717, 1.165) is 41.5 Å². The van der Waals surface area contributed by atoms with Crippen molar-refractivity contribution in [1.29, 1.82) is 0 Å². The average molecular weight is 495 g/mol. The predicted molar refractivity (Wildman–Crippen MR) is 127 cm³/mol. The molecule has 1 aromatic heterocycles. The van der Waals surface area contributed by atoms with Gasteiger partial charge in [-0.3, -0.25) is 4.79 Å². The molecule has 0 saturated carbocycles. The van der Waals surface area contributed by atoms with E-state index in [1.54, 1.807) is 29.2 Å². The molecule has 2 aromatic carbocycles. The van der Waals surface area contributed by atoms with Crippen molar-refractivity contribution >= 4 is 50.7 Å². The van der Waals surface area contributed by atoms with Crippen molar-refractivity contribution in [2.24, 2.45) is 0 Å². The fraction of sp³-hybridized carbons (Fsp3) is 0.318. The molecule has 3 heterocycles. The van der Waals surface area contributed by atoms with Crippen LogP contribution >= 0.6 is 24.0 Å². The molecule has 1 fully saturated rings. The lowest BCUT2D eigenvalue weighted by molar-refractivity contribution is 0.0692. The molecule has 2 aliphatic heterocycles. The van der Waals surface area contributed by atoms with Gasteiger partial charge in [-0.25, -0.2) is 8.42 Å². The average Bonchev–Trinajstić information content (AvgIpc) is 3.22. The summed E-state index contributed by atoms with van der Waals surface area (Å²) in [6.07, 6.45) is 0.882. The third-order valence-corrected chi connectivity index (χ3v) is 8.16.